The monoisotopic (exact) mass is 803 g/mol. The van der Waals surface area contributed by atoms with E-state index in [0.29, 0.717) is 5.95 Å². The molecule has 1 aliphatic rings. The molecule has 62 heavy (non-hydrogen) atoms. The Labute approximate surface area is 360 Å². The number of hydrogen-bond acceptors (Lipinski definition) is 3. The van der Waals surface area contributed by atoms with E-state index in [1.54, 1.807) is 0 Å². The van der Waals surface area contributed by atoms with Gasteiger partial charge in [0.05, 0.1) is 22.2 Å². The van der Waals surface area contributed by atoms with Gasteiger partial charge in [0.2, 0.25) is 5.95 Å². The molecule has 3 heterocycles. The summed E-state index contributed by atoms with van der Waals surface area (Å²) in [6, 6.07) is 73.1. The quantitative estimate of drug-likeness (QED) is 0.177. The van der Waals surface area contributed by atoms with Gasteiger partial charge in [0.25, 0.3) is 0 Å². The highest BCUT2D eigenvalue weighted by Crippen LogP contribution is 2.51. The summed E-state index contributed by atoms with van der Waals surface area (Å²) in [5, 5.41) is 11.1. The van der Waals surface area contributed by atoms with Crippen molar-refractivity contribution in [3.63, 3.8) is 0 Å². The van der Waals surface area contributed by atoms with Gasteiger partial charge >= 0.3 is 0 Å². The van der Waals surface area contributed by atoms with Crippen LogP contribution in [0, 0.1) is 0 Å². The minimum absolute atomic E-state index is 0.658. The Hall–Kier alpha value is -7.92. The molecule has 0 radical (unpaired) electrons. The van der Waals surface area contributed by atoms with Crippen LogP contribution in [0.1, 0.15) is 0 Å². The Kier molecular flexibility index (Phi) is 6.99. The molecule has 0 unspecified atom stereocenters. The van der Waals surface area contributed by atoms with Gasteiger partial charge in [-0.1, -0.05) is 152 Å². The number of nitrogens with zero attached hydrogens (tertiary/aromatic N) is 3. The molecule has 3 aromatic heterocycles. The molecule has 0 saturated carbocycles. The summed E-state index contributed by atoms with van der Waals surface area (Å²) in [5.41, 5.74) is 14.9. The molecule has 0 saturated heterocycles. The third-order valence-electron chi connectivity index (χ3n) is 13.1. The van der Waals surface area contributed by atoms with E-state index in [9.17, 15) is 0 Å². The fourth-order valence-corrected chi connectivity index (χ4v) is 11.3. The Bertz CT molecular complexity index is 4040. The van der Waals surface area contributed by atoms with Crippen LogP contribution in [0.3, 0.4) is 0 Å². The standard InChI is InChI=1S/C58H33N3S/c1-2-11-37-30-38(25-22-34(37)10-1)35-20-23-36(24-21-35)57-45-15-5-7-18-50(45)59-58(60-57)61-51-28-26-39(40-27-29-54-47(31-40)43-14-6-8-19-53(43)62-54)32-49(51)56-46-17-9-16-44-41-12-3-4-13-42(41)48(55(44)46)33-52(56)61/h1-33H. The zero-order valence-corrected chi connectivity index (χ0v) is 34.1. The number of hydrogen-bond donors (Lipinski definition) is 0. The van der Waals surface area contributed by atoms with Crippen LogP contribution >= 0.6 is 11.3 Å². The molecule has 0 spiro atoms. The molecule has 1 aliphatic carbocycles. The normalized spacial score (nSPS) is 12.2. The first-order valence-electron chi connectivity index (χ1n) is 21.1. The minimum Gasteiger partial charge on any atom is -0.278 e. The molecular formula is C58H33N3S. The summed E-state index contributed by atoms with van der Waals surface area (Å²) in [6.45, 7) is 0. The number of benzene rings is 10. The van der Waals surface area contributed by atoms with E-state index in [4.69, 9.17) is 9.97 Å². The van der Waals surface area contributed by atoms with Crippen LogP contribution in [-0.4, -0.2) is 14.5 Å². The molecule has 10 aromatic carbocycles. The van der Waals surface area contributed by atoms with Crippen molar-refractivity contribution in [2.75, 3.05) is 0 Å². The van der Waals surface area contributed by atoms with Crippen molar-refractivity contribution >= 4 is 85.8 Å². The van der Waals surface area contributed by atoms with Gasteiger partial charge in [0, 0.05) is 41.9 Å². The Morgan fingerprint density at radius 1 is 0.339 bits per heavy atom. The van der Waals surface area contributed by atoms with Crippen LogP contribution in [0.5, 0.6) is 0 Å². The minimum atomic E-state index is 0.658. The van der Waals surface area contributed by atoms with Gasteiger partial charge in [-0.15, -0.1) is 11.3 Å². The van der Waals surface area contributed by atoms with Crippen molar-refractivity contribution in [3.8, 4) is 61.7 Å². The number of rotatable bonds is 4. The summed E-state index contributed by atoms with van der Waals surface area (Å²) < 4.78 is 4.94. The fourth-order valence-electron chi connectivity index (χ4n) is 10.3. The highest BCUT2D eigenvalue weighted by molar-refractivity contribution is 7.25. The van der Waals surface area contributed by atoms with Crippen molar-refractivity contribution in [1.82, 2.24) is 14.5 Å². The van der Waals surface area contributed by atoms with Gasteiger partial charge in [0.15, 0.2) is 0 Å². The van der Waals surface area contributed by atoms with E-state index in [0.717, 1.165) is 33.2 Å². The maximum absolute atomic E-state index is 5.54. The Morgan fingerprint density at radius 2 is 0.968 bits per heavy atom. The molecule has 0 bridgehead atoms. The van der Waals surface area contributed by atoms with E-state index in [-0.39, 0.29) is 0 Å². The highest BCUT2D eigenvalue weighted by atomic mass is 32.1. The maximum atomic E-state index is 5.54. The highest BCUT2D eigenvalue weighted by Gasteiger charge is 2.26. The average Bonchev–Trinajstić information content (AvgIpc) is 3.99. The van der Waals surface area contributed by atoms with Crippen molar-refractivity contribution in [1.29, 1.82) is 0 Å². The summed E-state index contributed by atoms with van der Waals surface area (Å²) in [5.74, 6) is 0.658. The molecule has 0 aliphatic heterocycles. The van der Waals surface area contributed by atoms with E-state index < -0.39 is 0 Å². The Balaban J connectivity index is 1.01. The van der Waals surface area contributed by atoms with Gasteiger partial charge in [-0.2, -0.15) is 0 Å². The van der Waals surface area contributed by atoms with Crippen molar-refractivity contribution in [2.45, 2.75) is 0 Å². The van der Waals surface area contributed by atoms with Gasteiger partial charge in [-0.3, -0.25) is 4.57 Å². The number of fused-ring (bicyclic) bond motifs is 12. The lowest BCUT2D eigenvalue weighted by molar-refractivity contribution is 1.01. The number of thiophene rings is 1. The van der Waals surface area contributed by atoms with E-state index in [2.05, 4.69) is 205 Å². The number of para-hydroxylation sites is 1. The molecule has 0 amide bonds. The van der Waals surface area contributed by atoms with Crippen molar-refractivity contribution < 1.29 is 0 Å². The molecule has 13 aromatic rings. The molecule has 14 rings (SSSR count). The maximum Gasteiger partial charge on any atom is 0.235 e. The largest absolute Gasteiger partial charge is 0.278 e. The molecule has 0 atom stereocenters. The number of aromatic nitrogens is 3. The van der Waals surface area contributed by atoms with Gasteiger partial charge < -0.3 is 0 Å². The molecule has 286 valence electrons. The fraction of sp³-hybridized carbons (Fsp3) is 0. The van der Waals surface area contributed by atoms with E-state index in [1.807, 2.05) is 11.3 Å². The van der Waals surface area contributed by atoms with Gasteiger partial charge in [-0.05, 0) is 115 Å². The second-order valence-electron chi connectivity index (χ2n) is 16.5. The molecule has 4 heteroatoms. The topological polar surface area (TPSA) is 30.7 Å². The van der Waals surface area contributed by atoms with Crippen LogP contribution in [0.15, 0.2) is 200 Å². The van der Waals surface area contributed by atoms with Gasteiger partial charge in [-0.25, -0.2) is 9.97 Å². The third kappa shape index (κ3) is 4.87. The smallest absolute Gasteiger partial charge is 0.235 e. The predicted octanol–water partition coefficient (Wildman–Crippen LogP) is 16.0. The summed E-state index contributed by atoms with van der Waals surface area (Å²) in [6.07, 6.45) is 0. The van der Waals surface area contributed by atoms with E-state index >= 15 is 0 Å². The lowest BCUT2D eigenvalue weighted by Crippen LogP contribution is -2.03. The van der Waals surface area contributed by atoms with Crippen LogP contribution < -0.4 is 0 Å². The predicted molar refractivity (Wildman–Crippen MR) is 263 cm³/mol. The van der Waals surface area contributed by atoms with Gasteiger partial charge in [0.1, 0.15) is 0 Å². The average molecular weight is 804 g/mol. The molecular weight excluding hydrogens is 771 g/mol. The SMILES string of the molecule is c1ccc2c(c1)-c1cccc3c1c-2cc1c3c2cc(-c3ccc4sc5ccccc5c4c3)ccc2n1-c1nc(-c2ccc(-c3ccc4ccccc4c3)cc2)c2ccccc2n1. The lowest BCUT2D eigenvalue weighted by Gasteiger charge is -2.13. The molecule has 0 fully saturated rings. The zero-order chi connectivity index (χ0) is 40.5. The second kappa shape index (κ2) is 12.8. The first-order valence-corrected chi connectivity index (χ1v) is 22.0. The zero-order valence-electron chi connectivity index (χ0n) is 33.3. The Morgan fingerprint density at radius 3 is 1.85 bits per heavy atom. The van der Waals surface area contributed by atoms with Crippen LogP contribution in [0.4, 0.5) is 0 Å². The summed E-state index contributed by atoms with van der Waals surface area (Å²) in [7, 11) is 0. The first-order chi connectivity index (χ1) is 30.7. The second-order valence-corrected chi connectivity index (χ2v) is 17.6. The summed E-state index contributed by atoms with van der Waals surface area (Å²) in [4.78, 5) is 10.9. The van der Waals surface area contributed by atoms with Crippen LogP contribution in [0.25, 0.3) is 136 Å². The van der Waals surface area contributed by atoms with Crippen molar-refractivity contribution in [3.05, 3.63) is 200 Å². The van der Waals surface area contributed by atoms with Crippen LogP contribution in [-0.2, 0) is 0 Å². The van der Waals surface area contributed by atoms with E-state index in [1.165, 1.54) is 97.0 Å². The van der Waals surface area contributed by atoms with Crippen molar-refractivity contribution in [2.24, 2.45) is 0 Å². The first kappa shape index (κ1) is 33.9. The van der Waals surface area contributed by atoms with Crippen LogP contribution in [0.2, 0.25) is 0 Å². The summed E-state index contributed by atoms with van der Waals surface area (Å²) >= 11 is 1.86. The lowest BCUT2D eigenvalue weighted by atomic mass is 9.96. The molecule has 0 N–H and O–H groups in total. The molecule has 3 nitrogen and oxygen atoms in total. The third-order valence-corrected chi connectivity index (χ3v) is 14.3.